The normalized spacial score (nSPS) is 21.1. The number of aliphatic carboxylic acids is 1. The zero-order valence-electron chi connectivity index (χ0n) is 7.43. The van der Waals surface area contributed by atoms with Gasteiger partial charge in [0.25, 0.3) is 0 Å². The number of carbonyl (C=O) groups is 1. The molecule has 0 unspecified atom stereocenters. The van der Waals surface area contributed by atoms with Crippen molar-refractivity contribution in [3.63, 3.8) is 0 Å². The van der Waals surface area contributed by atoms with E-state index in [9.17, 15) is 13.6 Å². The van der Waals surface area contributed by atoms with Crippen molar-refractivity contribution in [2.24, 2.45) is 5.92 Å². The Bertz CT molecular complexity index is 184. The third kappa shape index (κ3) is 2.39. The van der Waals surface area contributed by atoms with Crippen LogP contribution in [0.1, 0.15) is 38.5 Å². The van der Waals surface area contributed by atoms with Crippen molar-refractivity contribution >= 4 is 5.97 Å². The number of carboxylic acid groups (broad SMARTS) is 1. The highest BCUT2D eigenvalue weighted by Crippen LogP contribution is 2.35. The van der Waals surface area contributed by atoms with Gasteiger partial charge in [0.1, 0.15) is 0 Å². The van der Waals surface area contributed by atoms with E-state index < -0.39 is 17.8 Å². The Labute approximate surface area is 75.9 Å². The van der Waals surface area contributed by atoms with Gasteiger partial charge in [-0.2, -0.15) is 8.78 Å². The van der Waals surface area contributed by atoms with Gasteiger partial charge in [-0.25, -0.2) is 4.79 Å². The van der Waals surface area contributed by atoms with Crippen LogP contribution in [-0.4, -0.2) is 17.0 Å². The van der Waals surface area contributed by atoms with Gasteiger partial charge in [-0.1, -0.05) is 25.7 Å². The van der Waals surface area contributed by atoms with E-state index in [1.165, 1.54) is 0 Å². The molecule has 13 heavy (non-hydrogen) atoms. The molecule has 1 aliphatic carbocycles. The Morgan fingerprint density at radius 1 is 1.15 bits per heavy atom. The Balaban J connectivity index is 2.62. The summed E-state index contributed by atoms with van der Waals surface area (Å²) >= 11 is 0. The predicted octanol–water partition coefficient (Wildman–Crippen LogP) is 2.68. The summed E-state index contributed by atoms with van der Waals surface area (Å²) in [5.41, 5.74) is 0. The van der Waals surface area contributed by atoms with Gasteiger partial charge in [0.05, 0.1) is 0 Å². The van der Waals surface area contributed by atoms with Gasteiger partial charge in [-0.15, -0.1) is 0 Å². The van der Waals surface area contributed by atoms with Gasteiger partial charge < -0.3 is 5.11 Å². The van der Waals surface area contributed by atoms with Gasteiger partial charge in [0, 0.05) is 5.92 Å². The van der Waals surface area contributed by atoms with E-state index in [1.54, 1.807) is 0 Å². The first-order valence-corrected chi connectivity index (χ1v) is 4.66. The average Bonchev–Trinajstić information content (AvgIpc) is 2.31. The van der Waals surface area contributed by atoms with Gasteiger partial charge in [0.2, 0.25) is 0 Å². The van der Waals surface area contributed by atoms with E-state index in [-0.39, 0.29) is 0 Å². The van der Waals surface area contributed by atoms with Crippen LogP contribution < -0.4 is 0 Å². The van der Waals surface area contributed by atoms with E-state index in [2.05, 4.69) is 0 Å². The maximum absolute atomic E-state index is 13.0. The molecule has 1 fully saturated rings. The third-order valence-corrected chi connectivity index (χ3v) is 2.65. The second-order valence-corrected chi connectivity index (χ2v) is 3.62. The lowest BCUT2D eigenvalue weighted by atomic mass is 9.93. The largest absolute Gasteiger partial charge is 0.477 e. The summed E-state index contributed by atoms with van der Waals surface area (Å²) in [5, 5.41) is 8.34. The molecule has 0 heterocycles. The fourth-order valence-corrected chi connectivity index (χ4v) is 1.82. The monoisotopic (exact) mass is 192 g/mol. The summed E-state index contributed by atoms with van der Waals surface area (Å²) in [6, 6.07) is 0. The highest BCUT2D eigenvalue weighted by Gasteiger charge is 2.46. The van der Waals surface area contributed by atoms with Crippen molar-refractivity contribution in [3.05, 3.63) is 0 Å². The van der Waals surface area contributed by atoms with Gasteiger partial charge in [0.15, 0.2) is 0 Å². The molecule has 1 aliphatic rings. The van der Waals surface area contributed by atoms with Crippen molar-refractivity contribution in [1.29, 1.82) is 0 Å². The van der Waals surface area contributed by atoms with E-state index >= 15 is 0 Å². The van der Waals surface area contributed by atoms with Crippen LogP contribution in [0.25, 0.3) is 0 Å². The van der Waals surface area contributed by atoms with Crippen molar-refractivity contribution in [3.8, 4) is 0 Å². The number of hydrogen-bond acceptors (Lipinski definition) is 1. The first-order chi connectivity index (χ1) is 6.05. The summed E-state index contributed by atoms with van der Waals surface area (Å²) in [6.07, 6.45) is 4.05. The van der Waals surface area contributed by atoms with Crippen LogP contribution >= 0.6 is 0 Å². The quantitative estimate of drug-likeness (QED) is 0.683. The molecule has 2 nitrogen and oxygen atoms in total. The van der Waals surface area contributed by atoms with Crippen molar-refractivity contribution in [2.45, 2.75) is 44.4 Å². The molecule has 1 saturated carbocycles. The second-order valence-electron chi connectivity index (χ2n) is 3.62. The van der Waals surface area contributed by atoms with Gasteiger partial charge in [-0.05, 0) is 12.8 Å². The van der Waals surface area contributed by atoms with Crippen LogP contribution in [0.2, 0.25) is 0 Å². The van der Waals surface area contributed by atoms with Crippen LogP contribution in [0.4, 0.5) is 8.78 Å². The minimum Gasteiger partial charge on any atom is -0.477 e. The lowest BCUT2D eigenvalue weighted by molar-refractivity contribution is -0.174. The topological polar surface area (TPSA) is 37.3 Å². The van der Waals surface area contributed by atoms with E-state index in [4.69, 9.17) is 5.11 Å². The van der Waals surface area contributed by atoms with Crippen LogP contribution in [0, 0.1) is 5.92 Å². The molecule has 0 aromatic carbocycles. The molecule has 0 radical (unpaired) electrons. The Kier molecular flexibility index (Phi) is 3.22. The van der Waals surface area contributed by atoms with E-state index in [0.29, 0.717) is 12.8 Å². The minimum absolute atomic E-state index is 0.347. The maximum Gasteiger partial charge on any atom is 0.374 e. The van der Waals surface area contributed by atoms with Gasteiger partial charge in [-0.3, -0.25) is 0 Å². The number of rotatable bonds is 2. The van der Waals surface area contributed by atoms with Crippen LogP contribution in [-0.2, 0) is 4.79 Å². The zero-order valence-corrected chi connectivity index (χ0v) is 7.43. The Hall–Kier alpha value is -0.670. The lowest BCUT2D eigenvalue weighted by Crippen LogP contribution is -2.36. The molecule has 76 valence electrons. The molecule has 0 amide bonds. The number of carboxylic acids is 1. The SMILES string of the molecule is O=C(O)C(F)(F)C1CCCCCC1. The molecule has 4 heteroatoms. The van der Waals surface area contributed by atoms with Crippen LogP contribution in [0.5, 0.6) is 0 Å². The van der Waals surface area contributed by atoms with Gasteiger partial charge >= 0.3 is 11.9 Å². The molecule has 0 aliphatic heterocycles. The summed E-state index contributed by atoms with van der Waals surface area (Å²) < 4.78 is 26.0. The molecule has 0 spiro atoms. The molecule has 0 aromatic heterocycles. The zero-order chi connectivity index (χ0) is 9.90. The fourth-order valence-electron chi connectivity index (χ4n) is 1.82. The summed E-state index contributed by atoms with van der Waals surface area (Å²) in [7, 11) is 0. The Morgan fingerprint density at radius 2 is 1.62 bits per heavy atom. The first kappa shape index (κ1) is 10.4. The van der Waals surface area contributed by atoms with Crippen molar-refractivity contribution < 1.29 is 18.7 Å². The summed E-state index contributed by atoms with van der Waals surface area (Å²) in [4.78, 5) is 10.3. The maximum atomic E-state index is 13.0. The Morgan fingerprint density at radius 3 is 2.00 bits per heavy atom. The highest BCUT2D eigenvalue weighted by atomic mass is 19.3. The van der Waals surface area contributed by atoms with Crippen molar-refractivity contribution in [2.75, 3.05) is 0 Å². The summed E-state index contributed by atoms with van der Waals surface area (Å²) in [5.74, 6) is -6.45. The third-order valence-electron chi connectivity index (χ3n) is 2.65. The predicted molar refractivity (Wildman–Crippen MR) is 43.8 cm³/mol. The molecule has 0 atom stereocenters. The van der Waals surface area contributed by atoms with E-state index in [1.807, 2.05) is 0 Å². The standard InChI is InChI=1S/C9H14F2O2/c10-9(11,8(12)13)7-5-3-1-2-4-6-7/h7H,1-6H2,(H,12,13). The molecular weight excluding hydrogens is 178 g/mol. The molecule has 1 N–H and O–H groups in total. The molecular formula is C9H14F2O2. The van der Waals surface area contributed by atoms with Crippen molar-refractivity contribution in [1.82, 2.24) is 0 Å². The minimum atomic E-state index is -3.52. The average molecular weight is 192 g/mol. The molecule has 0 bridgehead atoms. The van der Waals surface area contributed by atoms with Crippen LogP contribution in [0.3, 0.4) is 0 Å². The molecule has 0 aromatic rings. The van der Waals surface area contributed by atoms with E-state index in [0.717, 1.165) is 25.7 Å². The number of alkyl halides is 2. The highest BCUT2D eigenvalue weighted by molar-refractivity contribution is 5.75. The summed E-state index contributed by atoms with van der Waals surface area (Å²) in [6.45, 7) is 0. The molecule has 1 rings (SSSR count). The fraction of sp³-hybridized carbons (Fsp3) is 0.889. The molecule has 0 saturated heterocycles. The number of hydrogen-bond donors (Lipinski definition) is 1. The smallest absolute Gasteiger partial charge is 0.374 e. The number of halogens is 2. The van der Waals surface area contributed by atoms with Crippen LogP contribution in [0.15, 0.2) is 0 Å². The lowest BCUT2D eigenvalue weighted by Gasteiger charge is -2.21. The first-order valence-electron chi connectivity index (χ1n) is 4.66. The second kappa shape index (κ2) is 4.03.